The maximum Gasteiger partial charge on any atom is 0.234 e. The van der Waals surface area contributed by atoms with Gasteiger partial charge in [0.15, 0.2) is 0 Å². The summed E-state index contributed by atoms with van der Waals surface area (Å²) in [6.07, 6.45) is 2.37. The SMILES string of the molecule is O=C1[C@H]2CNC[C@H]2C(=O)N1CC1CC1. The molecule has 3 aliphatic rings. The zero-order chi connectivity index (χ0) is 9.71. The van der Waals surface area contributed by atoms with Gasteiger partial charge in [-0.3, -0.25) is 14.5 Å². The summed E-state index contributed by atoms with van der Waals surface area (Å²) in [5.41, 5.74) is 0. The Morgan fingerprint density at radius 2 is 1.71 bits per heavy atom. The van der Waals surface area contributed by atoms with E-state index >= 15 is 0 Å². The van der Waals surface area contributed by atoms with Crippen LogP contribution in [0.2, 0.25) is 0 Å². The average molecular weight is 194 g/mol. The van der Waals surface area contributed by atoms with Crippen molar-refractivity contribution in [1.82, 2.24) is 10.2 Å². The lowest BCUT2D eigenvalue weighted by atomic mass is 10.00. The molecule has 0 bridgehead atoms. The van der Waals surface area contributed by atoms with Crippen LogP contribution in [0.5, 0.6) is 0 Å². The Balaban J connectivity index is 1.78. The Kier molecular flexibility index (Phi) is 1.68. The third-order valence-electron chi connectivity index (χ3n) is 3.52. The Morgan fingerprint density at radius 3 is 2.21 bits per heavy atom. The minimum absolute atomic E-state index is 0.0544. The zero-order valence-corrected chi connectivity index (χ0v) is 8.03. The molecule has 2 saturated heterocycles. The van der Waals surface area contributed by atoms with Crippen molar-refractivity contribution in [1.29, 1.82) is 0 Å². The third kappa shape index (κ3) is 1.10. The first-order chi connectivity index (χ1) is 6.77. The smallest absolute Gasteiger partial charge is 0.234 e. The molecule has 3 rings (SSSR count). The molecule has 1 N–H and O–H groups in total. The highest BCUT2D eigenvalue weighted by atomic mass is 16.2. The average Bonchev–Trinajstić information content (AvgIpc) is 2.80. The van der Waals surface area contributed by atoms with E-state index in [1.165, 1.54) is 17.7 Å². The van der Waals surface area contributed by atoms with E-state index in [4.69, 9.17) is 0 Å². The number of nitrogens with one attached hydrogen (secondary N) is 1. The molecule has 0 aromatic heterocycles. The van der Waals surface area contributed by atoms with Crippen molar-refractivity contribution in [2.24, 2.45) is 17.8 Å². The van der Waals surface area contributed by atoms with Crippen molar-refractivity contribution in [3.63, 3.8) is 0 Å². The maximum atomic E-state index is 11.8. The van der Waals surface area contributed by atoms with Crippen molar-refractivity contribution >= 4 is 11.8 Å². The summed E-state index contributed by atoms with van der Waals surface area (Å²) in [5, 5.41) is 3.11. The summed E-state index contributed by atoms with van der Waals surface area (Å²) < 4.78 is 0. The molecule has 2 aliphatic heterocycles. The molecule has 0 aromatic rings. The molecule has 1 saturated carbocycles. The summed E-state index contributed by atoms with van der Waals surface area (Å²) in [6.45, 7) is 2.07. The van der Waals surface area contributed by atoms with Gasteiger partial charge in [-0.25, -0.2) is 0 Å². The van der Waals surface area contributed by atoms with Gasteiger partial charge in [-0.1, -0.05) is 0 Å². The van der Waals surface area contributed by atoms with E-state index in [0.717, 1.165) is 0 Å². The highest BCUT2D eigenvalue weighted by molar-refractivity contribution is 6.05. The van der Waals surface area contributed by atoms with Crippen molar-refractivity contribution in [3.05, 3.63) is 0 Å². The number of amides is 2. The molecule has 0 unspecified atom stereocenters. The number of carbonyl (C=O) groups excluding carboxylic acids is 2. The van der Waals surface area contributed by atoms with Crippen LogP contribution >= 0.6 is 0 Å². The second-order valence-electron chi connectivity index (χ2n) is 4.60. The lowest BCUT2D eigenvalue weighted by Gasteiger charge is -2.14. The topological polar surface area (TPSA) is 49.4 Å². The van der Waals surface area contributed by atoms with Crippen molar-refractivity contribution in [2.75, 3.05) is 19.6 Å². The van der Waals surface area contributed by atoms with Crippen molar-refractivity contribution in [3.8, 4) is 0 Å². The lowest BCUT2D eigenvalue weighted by Crippen LogP contribution is -2.36. The second kappa shape index (κ2) is 2.79. The molecule has 4 nitrogen and oxygen atoms in total. The molecule has 4 heteroatoms. The van der Waals surface area contributed by atoms with Gasteiger partial charge in [-0.15, -0.1) is 0 Å². The summed E-state index contributed by atoms with van der Waals surface area (Å²) in [4.78, 5) is 25.2. The maximum absolute atomic E-state index is 11.8. The van der Waals surface area contributed by atoms with Crippen molar-refractivity contribution < 1.29 is 9.59 Å². The van der Waals surface area contributed by atoms with Gasteiger partial charge in [0, 0.05) is 19.6 Å². The summed E-state index contributed by atoms with van der Waals surface area (Å²) in [6, 6.07) is 0. The van der Waals surface area contributed by atoms with E-state index in [1.54, 1.807) is 0 Å². The molecule has 2 heterocycles. The van der Waals surface area contributed by atoms with Gasteiger partial charge in [0.1, 0.15) is 0 Å². The standard InChI is InChI=1S/C10H14N2O2/c13-9-7-3-11-4-8(7)10(14)12(9)5-6-1-2-6/h6-8,11H,1-5H2/t7-,8+. The van der Waals surface area contributed by atoms with Crippen LogP contribution in [0.15, 0.2) is 0 Å². The normalized spacial score (nSPS) is 36.7. The van der Waals surface area contributed by atoms with Gasteiger partial charge in [-0.2, -0.15) is 0 Å². The van der Waals surface area contributed by atoms with Crippen LogP contribution in [-0.2, 0) is 9.59 Å². The predicted molar refractivity (Wildman–Crippen MR) is 49.3 cm³/mol. The van der Waals surface area contributed by atoms with Crippen LogP contribution in [0.3, 0.4) is 0 Å². The Bertz CT molecular complexity index is 276. The first-order valence-corrected chi connectivity index (χ1v) is 5.33. The predicted octanol–water partition coefficient (Wildman–Crippen LogP) is -0.399. The molecule has 0 aromatic carbocycles. The molecule has 2 amide bonds. The van der Waals surface area contributed by atoms with E-state index < -0.39 is 0 Å². The number of carbonyl (C=O) groups is 2. The quantitative estimate of drug-likeness (QED) is 0.609. The van der Waals surface area contributed by atoms with E-state index in [2.05, 4.69) is 5.32 Å². The zero-order valence-electron chi connectivity index (χ0n) is 8.03. The number of hydrogen-bond donors (Lipinski definition) is 1. The Hall–Kier alpha value is -0.900. The van der Waals surface area contributed by atoms with Crippen LogP contribution in [0.4, 0.5) is 0 Å². The third-order valence-corrected chi connectivity index (χ3v) is 3.52. The van der Waals surface area contributed by atoms with E-state index in [-0.39, 0.29) is 23.7 Å². The van der Waals surface area contributed by atoms with Gasteiger partial charge in [0.05, 0.1) is 11.8 Å². The van der Waals surface area contributed by atoms with E-state index in [1.807, 2.05) is 0 Å². The summed E-state index contributed by atoms with van der Waals surface area (Å²) >= 11 is 0. The van der Waals surface area contributed by atoms with Crippen LogP contribution in [-0.4, -0.2) is 36.3 Å². The molecule has 1 aliphatic carbocycles. The van der Waals surface area contributed by atoms with Gasteiger partial charge in [-0.05, 0) is 18.8 Å². The van der Waals surface area contributed by atoms with Gasteiger partial charge < -0.3 is 5.32 Å². The number of likely N-dealkylation sites (tertiary alicyclic amines) is 1. The summed E-state index contributed by atoms with van der Waals surface area (Å²) in [5.74, 6) is 0.631. The number of nitrogens with zero attached hydrogens (tertiary/aromatic N) is 1. The number of fused-ring (bicyclic) bond motifs is 1. The molecule has 0 radical (unpaired) electrons. The minimum atomic E-state index is -0.0544. The molecular weight excluding hydrogens is 180 g/mol. The monoisotopic (exact) mass is 194 g/mol. The van der Waals surface area contributed by atoms with E-state index in [9.17, 15) is 9.59 Å². The van der Waals surface area contributed by atoms with Gasteiger partial charge >= 0.3 is 0 Å². The number of imide groups is 1. The van der Waals surface area contributed by atoms with E-state index in [0.29, 0.717) is 25.6 Å². The molecule has 14 heavy (non-hydrogen) atoms. The van der Waals surface area contributed by atoms with Gasteiger partial charge in [0.2, 0.25) is 11.8 Å². The highest BCUT2D eigenvalue weighted by Crippen LogP contribution is 2.35. The molecule has 76 valence electrons. The van der Waals surface area contributed by atoms with Crippen LogP contribution in [0.1, 0.15) is 12.8 Å². The fraction of sp³-hybridized carbons (Fsp3) is 0.800. The first kappa shape index (κ1) is 8.41. The van der Waals surface area contributed by atoms with Crippen LogP contribution in [0, 0.1) is 17.8 Å². The fourth-order valence-corrected chi connectivity index (χ4v) is 2.45. The highest BCUT2D eigenvalue weighted by Gasteiger charge is 2.50. The number of rotatable bonds is 2. The number of hydrogen-bond acceptors (Lipinski definition) is 3. The largest absolute Gasteiger partial charge is 0.315 e. The minimum Gasteiger partial charge on any atom is -0.315 e. The van der Waals surface area contributed by atoms with Gasteiger partial charge in [0.25, 0.3) is 0 Å². The molecule has 3 fully saturated rings. The van der Waals surface area contributed by atoms with Crippen LogP contribution < -0.4 is 5.32 Å². The second-order valence-corrected chi connectivity index (χ2v) is 4.60. The lowest BCUT2D eigenvalue weighted by molar-refractivity contribution is -0.140. The van der Waals surface area contributed by atoms with Crippen LogP contribution in [0.25, 0.3) is 0 Å². The molecule has 2 atom stereocenters. The Morgan fingerprint density at radius 1 is 1.14 bits per heavy atom. The summed E-state index contributed by atoms with van der Waals surface area (Å²) in [7, 11) is 0. The Labute approximate surface area is 82.6 Å². The molecule has 0 spiro atoms. The fourth-order valence-electron chi connectivity index (χ4n) is 2.45. The van der Waals surface area contributed by atoms with Crippen molar-refractivity contribution in [2.45, 2.75) is 12.8 Å². The molecular formula is C10H14N2O2. The first-order valence-electron chi connectivity index (χ1n) is 5.33.